The first-order valence-electron chi connectivity index (χ1n) is 11.0. The Morgan fingerprint density at radius 3 is 2.50 bits per heavy atom. The van der Waals surface area contributed by atoms with Crippen molar-refractivity contribution in [2.45, 2.75) is 39.3 Å². The second-order valence-corrected chi connectivity index (χ2v) is 10.1. The van der Waals surface area contributed by atoms with Crippen molar-refractivity contribution < 1.29 is 28.9 Å². The van der Waals surface area contributed by atoms with Crippen molar-refractivity contribution in [3.8, 4) is 11.6 Å². The topological polar surface area (TPSA) is 114 Å². The first-order valence-corrected chi connectivity index (χ1v) is 11.8. The molecule has 0 radical (unpaired) electrons. The van der Waals surface area contributed by atoms with Gasteiger partial charge in [0.25, 0.3) is 5.91 Å². The molecule has 1 heterocycles. The van der Waals surface area contributed by atoms with Gasteiger partial charge in [-0.2, -0.15) is 9.78 Å². The fourth-order valence-electron chi connectivity index (χ4n) is 3.22. The highest BCUT2D eigenvalue weighted by molar-refractivity contribution is 6.33. The van der Waals surface area contributed by atoms with Crippen molar-refractivity contribution in [3.05, 3.63) is 75.7 Å². The van der Waals surface area contributed by atoms with Crippen LogP contribution in [0.25, 0.3) is 5.69 Å². The summed E-state index contributed by atoms with van der Waals surface area (Å²) in [5, 5.41) is 27.1. The smallest absolute Gasteiger partial charge is 0.305 e. The molecule has 192 valence electrons. The van der Waals surface area contributed by atoms with E-state index in [1.54, 1.807) is 12.1 Å². The minimum absolute atomic E-state index is 0.0177. The maximum atomic E-state index is 14.6. The fourth-order valence-corrected chi connectivity index (χ4v) is 3.65. The molecular weight excluding hydrogens is 512 g/mol. The Hall–Kier alpha value is -3.14. The highest BCUT2D eigenvalue weighted by Crippen LogP contribution is 2.29. The molecule has 0 saturated carbocycles. The number of carboxylic acids is 1. The van der Waals surface area contributed by atoms with Gasteiger partial charge >= 0.3 is 5.97 Å². The molecule has 0 aliphatic rings. The van der Waals surface area contributed by atoms with Crippen LogP contribution in [-0.4, -0.2) is 44.6 Å². The van der Waals surface area contributed by atoms with Crippen LogP contribution in [0.1, 0.15) is 49.3 Å². The third kappa shape index (κ3) is 6.75. The number of carbonyl (C=O) groups is 2. The number of amides is 1. The molecule has 2 aromatic carbocycles. The molecule has 3 N–H and O–H groups in total. The molecule has 2 atom stereocenters. The number of para-hydroxylation sites is 1. The summed E-state index contributed by atoms with van der Waals surface area (Å²) in [4.78, 5) is 24.6. The van der Waals surface area contributed by atoms with Gasteiger partial charge in [0.15, 0.2) is 5.69 Å². The van der Waals surface area contributed by atoms with E-state index in [2.05, 4.69) is 10.4 Å². The number of hydrogen-bond acceptors (Lipinski definition) is 5. The molecule has 1 amide bonds. The predicted octanol–water partition coefficient (Wildman–Crippen LogP) is 5.05. The van der Waals surface area contributed by atoms with Crippen LogP contribution in [0, 0.1) is 11.2 Å². The summed E-state index contributed by atoms with van der Waals surface area (Å²) in [6.07, 6.45) is -1.33. The van der Waals surface area contributed by atoms with Crippen molar-refractivity contribution >= 4 is 35.1 Å². The number of nitrogens with zero attached hydrogens (tertiary/aromatic N) is 2. The molecule has 8 nitrogen and oxygen atoms in total. The number of ether oxygens (including phenoxy) is 1. The number of aromatic nitrogens is 2. The number of benzene rings is 2. The van der Waals surface area contributed by atoms with Crippen LogP contribution in [0.4, 0.5) is 4.39 Å². The standard InChI is InChI=1S/C25H26Cl2FN3O5/c1-25(2,3)21(32)13-36-22-11-19(30-31(22)20-7-5-4-6-17(20)28)24(35)29-18(12-23(33)34)15-10-14(26)8-9-16(15)27/h4-11,18,21,32H,12-13H2,1-3H3,(H,29,35)(H,33,34)/t18-,21+/m0/s1. The van der Waals surface area contributed by atoms with Gasteiger partial charge in [-0.05, 0) is 41.3 Å². The molecule has 0 aliphatic heterocycles. The van der Waals surface area contributed by atoms with Crippen molar-refractivity contribution in [2.75, 3.05) is 6.61 Å². The van der Waals surface area contributed by atoms with E-state index in [0.29, 0.717) is 10.6 Å². The van der Waals surface area contributed by atoms with Gasteiger partial charge in [0.1, 0.15) is 18.1 Å². The largest absolute Gasteiger partial charge is 0.481 e. The van der Waals surface area contributed by atoms with Crippen molar-refractivity contribution in [1.29, 1.82) is 0 Å². The summed E-state index contributed by atoms with van der Waals surface area (Å²) in [7, 11) is 0. The van der Waals surface area contributed by atoms with E-state index in [4.69, 9.17) is 27.9 Å². The Morgan fingerprint density at radius 1 is 1.17 bits per heavy atom. The lowest BCUT2D eigenvalue weighted by Crippen LogP contribution is -2.32. The summed E-state index contributed by atoms with van der Waals surface area (Å²) < 4.78 is 21.4. The van der Waals surface area contributed by atoms with Gasteiger partial charge in [-0.1, -0.05) is 56.1 Å². The van der Waals surface area contributed by atoms with E-state index in [1.807, 2.05) is 20.8 Å². The molecule has 11 heteroatoms. The summed E-state index contributed by atoms with van der Waals surface area (Å²) in [6, 6.07) is 10.6. The van der Waals surface area contributed by atoms with Crippen LogP contribution in [0.2, 0.25) is 10.0 Å². The van der Waals surface area contributed by atoms with E-state index in [-0.39, 0.29) is 28.9 Å². The maximum absolute atomic E-state index is 14.6. The minimum atomic E-state index is -1.17. The number of hydrogen-bond donors (Lipinski definition) is 3. The first-order chi connectivity index (χ1) is 16.9. The lowest BCUT2D eigenvalue weighted by molar-refractivity contribution is -0.137. The molecule has 0 saturated heterocycles. The van der Waals surface area contributed by atoms with Crippen LogP contribution in [-0.2, 0) is 4.79 Å². The quantitative estimate of drug-likeness (QED) is 0.352. The van der Waals surface area contributed by atoms with Gasteiger partial charge in [0.05, 0.1) is 18.6 Å². The number of nitrogens with one attached hydrogen (secondary N) is 1. The lowest BCUT2D eigenvalue weighted by Gasteiger charge is -2.25. The molecule has 1 aromatic heterocycles. The predicted molar refractivity (Wildman–Crippen MR) is 133 cm³/mol. The zero-order valence-electron chi connectivity index (χ0n) is 19.8. The molecule has 36 heavy (non-hydrogen) atoms. The number of aliphatic hydroxyl groups excluding tert-OH is 1. The van der Waals surface area contributed by atoms with Crippen LogP contribution in [0.15, 0.2) is 48.5 Å². The molecule has 3 aromatic rings. The number of aliphatic hydroxyl groups is 1. The fraction of sp³-hybridized carbons (Fsp3) is 0.320. The van der Waals surface area contributed by atoms with Crippen LogP contribution < -0.4 is 10.1 Å². The van der Waals surface area contributed by atoms with Crippen molar-refractivity contribution in [3.63, 3.8) is 0 Å². The third-order valence-corrected chi connectivity index (χ3v) is 5.98. The number of aliphatic carboxylic acids is 1. The Kier molecular flexibility index (Phi) is 8.60. The SMILES string of the molecule is CC(C)(C)[C@H](O)COc1cc(C(=O)N[C@@H](CC(=O)O)c2cc(Cl)ccc2Cl)nn1-c1ccccc1F. The van der Waals surface area contributed by atoms with E-state index in [1.165, 1.54) is 36.4 Å². The maximum Gasteiger partial charge on any atom is 0.305 e. The van der Waals surface area contributed by atoms with Crippen molar-refractivity contribution in [2.24, 2.45) is 5.41 Å². The van der Waals surface area contributed by atoms with Gasteiger partial charge in [0.2, 0.25) is 5.88 Å². The highest BCUT2D eigenvalue weighted by atomic mass is 35.5. The average molecular weight is 538 g/mol. The van der Waals surface area contributed by atoms with E-state index in [9.17, 15) is 24.2 Å². The molecule has 0 bridgehead atoms. The first kappa shape index (κ1) is 27.4. The summed E-state index contributed by atoms with van der Waals surface area (Å²) in [5.74, 6) is -2.51. The van der Waals surface area contributed by atoms with Crippen LogP contribution >= 0.6 is 23.2 Å². The Morgan fingerprint density at radius 2 is 1.86 bits per heavy atom. The van der Waals surface area contributed by atoms with Gasteiger partial charge < -0.3 is 20.3 Å². The molecule has 0 unspecified atom stereocenters. The Bertz CT molecular complexity index is 1260. The summed E-state index contributed by atoms with van der Waals surface area (Å²) in [5.41, 5.74) is -0.300. The van der Waals surface area contributed by atoms with Crippen LogP contribution in [0.3, 0.4) is 0 Å². The molecule has 0 spiro atoms. The Labute approximate surface area is 217 Å². The second kappa shape index (κ2) is 11.3. The monoisotopic (exact) mass is 537 g/mol. The molecule has 0 fully saturated rings. The van der Waals surface area contributed by atoms with E-state index >= 15 is 0 Å². The molecular formula is C25H26Cl2FN3O5. The Balaban J connectivity index is 1.96. The highest BCUT2D eigenvalue weighted by Gasteiger charge is 2.27. The lowest BCUT2D eigenvalue weighted by atomic mass is 9.90. The van der Waals surface area contributed by atoms with Gasteiger partial charge in [-0.3, -0.25) is 9.59 Å². The zero-order valence-corrected chi connectivity index (χ0v) is 21.3. The normalized spacial score (nSPS) is 13.2. The van der Waals surface area contributed by atoms with Gasteiger partial charge in [0, 0.05) is 16.1 Å². The number of carbonyl (C=O) groups excluding carboxylic acids is 1. The van der Waals surface area contributed by atoms with Gasteiger partial charge in [-0.25, -0.2) is 4.39 Å². The molecule has 0 aliphatic carbocycles. The number of halogens is 3. The summed E-state index contributed by atoms with van der Waals surface area (Å²) >= 11 is 12.3. The second-order valence-electron chi connectivity index (χ2n) is 9.21. The van der Waals surface area contributed by atoms with Gasteiger partial charge in [-0.15, -0.1) is 0 Å². The number of carboxylic acid groups (broad SMARTS) is 1. The third-order valence-electron chi connectivity index (χ3n) is 5.40. The van der Waals surface area contributed by atoms with E-state index < -0.39 is 41.7 Å². The van der Waals surface area contributed by atoms with Crippen LogP contribution in [0.5, 0.6) is 5.88 Å². The molecule has 3 rings (SSSR count). The number of rotatable bonds is 9. The zero-order chi connectivity index (χ0) is 26.6. The summed E-state index contributed by atoms with van der Waals surface area (Å²) in [6.45, 7) is 5.36. The average Bonchev–Trinajstić information content (AvgIpc) is 3.22. The van der Waals surface area contributed by atoms with E-state index in [0.717, 1.165) is 4.68 Å². The minimum Gasteiger partial charge on any atom is -0.481 e. The van der Waals surface area contributed by atoms with Crippen molar-refractivity contribution in [1.82, 2.24) is 15.1 Å².